The molecule has 0 aliphatic carbocycles. The summed E-state index contributed by atoms with van der Waals surface area (Å²) in [6, 6.07) is 3.64. The third-order valence-electron chi connectivity index (χ3n) is 11.5. The highest BCUT2D eigenvalue weighted by Crippen LogP contribution is 2.46. The lowest BCUT2D eigenvalue weighted by molar-refractivity contribution is -0.220. The molecule has 1 aromatic heterocycles. The summed E-state index contributed by atoms with van der Waals surface area (Å²) >= 11 is 0. The first-order chi connectivity index (χ1) is 26.0. The number of hydrogen-bond donors (Lipinski definition) is 0. The minimum absolute atomic E-state index is 0.0663. The molecule has 0 saturated carbocycles. The highest BCUT2D eigenvalue weighted by Gasteiger charge is 2.47. The number of fused-ring (bicyclic) bond motifs is 2. The summed E-state index contributed by atoms with van der Waals surface area (Å²) in [6.07, 6.45) is 0.424. The van der Waals surface area contributed by atoms with Crippen molar-refractivity contribution in [3.63, 3.8) is 0 Å². The van der Waals surface area contributed by atoms with Gasteiger partial charge in [-0.05, 0) is 94.8 Å². The van der Waals surface area contributed by atoms with Crippen LogP contribution in [0.15, 0.2) is 32.6 Å². The van der Waals surface area contributed by atoms with Gasteiger partial charge in [0.2, 0.25) is 0 Å². The number of ether oxygens (including phenoxy) is 4. The third-order valence-corrected chi connectivity index (χ3v) is 15.2. The van der Waals surface area contributed by atoms with Gasteiger partial charge in [0, 0.05) is 77.8 Å². The molecule has 1 amide bonds. The number of rotatable bonds is 7. The molecule has 0 unspecified atom stereocenters. The Kier molecular flexibility index (Phi) is 11.6. The summed E-state index contributed by atoms with van der Waals surface area (Å²) in [5.74, 6) is -2.84. The molecule has 6 rings (SSSR count). The zero-order valence-corrected chi connectivity index (χ0v) is 36.3. The molecule has 3 aliphatic heterocycles. The maximum absolute atomic E-state index is 13.4. The average Bonchev–Trinajstić information content (AvgIpc) is 3.55. The van der Waals surface area contributed by atoms with Crippen LogP contribution in [0.1, 0.15) is 92.9 Å². The van der Waals surface area contributed by atoms with Gasteiger partial charge in [0.15, 0.2) is 37.0 Å². The van der Waals surface area contributed by atoms with Gasteiger partial charge in [-0.1, -0.05) is 6.07 Å². The van der Waals surface area contributed by atoms with Crippen molar-refractivity contribution < 1.29 is 45.4 Å². The molecule has 0 atom stereocenters. The molecule has 304 valence electrons. The number of hydrogen-bond acceptors (Lipinski definition) is 12. The van der Waals surface area contributed by atoms with E-state index in [1.165, 1.54) is 33.4 Å². The van der Waals surface area contributed by atoms with Crippen molar-refractivity contribution in [2.75, 3.05) is 47.0 Å². The van der Waals surface area contributed by atoms with Crippen LogP contribution in [0.25, 0.3) is 5.57 Å². The molecule has 0 bridgehead atoms. The zero-order valence-electron chi connectivity index (χ0n) is 34.7. The minimum atomic E-state index is -3.57. The van der Waals surface area contributed by atoms with E-state index in [2.05, 4.69) is 10.2 Å². The van der Waals surface area contributed by atoms with E-state index in [0.717, 1.165) is 16.8 Å². The summed E-state index contributed by atoms with van der Waals surface area (Å²) in [6.45, 7) is 14.3. The molecule has 3 aliphatic rings. The first kappa shape index (κ1) is 43.1. The summed E-state index contributed by atoms with van der Waals surface area (Å²) in [5, 5.41) is 9.81. The Bertz CT molecular complexity index is 2450. The van der Waals surface area contributed by atoms with Crippen molar-refractivity contribution in [2.24, 2.45) is 12.1 Å². The van der Waals surface area contributed by atoms with Crippen molar-refractivity contribution in [2.45, 2.75) is 89.6 Å². The van der Waals surface area contributed by atoms with E-state index in [4.69, 9.17) is 18.9 Å². The number of benzene rings is 2. The number of likely N-dealkylation sites (N-methyl/N-ethyl adjacent to an activating group) is 1. The highest BCUT2D eigenvalue weighted by atomic mass is 32.2. The van der Waals surface area contributed by atoms with E-state index < -0.39 is 31.2 Å². The number of allylic oxidation sites excluding steroid dienone is 1. The Hall–Kier alpha value is -4.06. The first-order valence-electron chi connectivity index (χ1n) is 18.1. The smallest absolute Gasteiger partial charge is 0.275 e. The Labute approximate surface area is 329 Å². The molecule has 14 nitrogen and oxygen atoms in total. The molecular formula is C40H52N4O10S2. The first-order valence-corrected chi connectivity index (χ1v) is 21.4. The number of ketones is 1. The number of amides is 1. The van der Waals surface area contributed by atoms with Gasteiger partial charge in [-0.3, -0.25) is 14.3 Å². The predicted octanol–water partition coefficient (Wildman–Crippen LogP) is 5.06. The summed E-state index contributed by atoms with van der Waals surface area (Å²) in [4.78, 5) is 26.3. The van der Waals surface area contributed by atoms with Crippen molar-refractivity contribution in [3.8, 4) is 0 Å². The van der Waals surface area contributed by atoms with Crippen LogP contribution in [-0.4, -0.2) is 96.0 Å². The fraction of sp³-hybridized carbons (Fsp3) is 0.500. The number of aryl methyl sites for hydroxylation is 4. The Morgan fingerprint density at radius 2 is 1.16 bits per heavy atom. The Balaban J connectivity index is 0.000000214. The topological polar surface area (TPSA) is 173 Å². The molecule has 16 heteroatoms. The molecule has 56 heavy (non-hydrogen) atoms. The van der Waals surface area contributed by atoms with Gasteiger partial charge in [0.1, 0.15) is 0 Å². The van der Waals surface area contributed by atoms with Crippen LogP contribution in [0, 0.1) is 41.5 Å². The van der Waals surface area contributed by atoms with Crippen molar-refractivity contribution in [1.29, 1.82) is 0 Å². The number of hydrazone groups is 1. The van der Waals surface area contributed by atoms with Gasteiger partial charge in [0.25, 0.3) is 5.91 Å². The van der Waals surface area contributed by atoms with E-state index >= 15 is 0 Å². The predicted molar refractivity (Wildman–Crippen MR) is 211 cm³/mol. The fourth-order valence-electron chi connectivity index (χ4n) is 8.54. The van der Waals surface area contributed by atoms with Crippen LogP contribution in [0.2, 0.25) is 0 Å². The highest BCUT2D eigenvalue weighted by molar-refractivity contribution is 7.91. The Morgan fingerprint density at radius 3 is 1.54 bits per heavy atom. The van der Waals surface area contributed by atoms with Gasteiger partial charge in [-0.15, -0.1) is 0 Å². The van der Waals surface area contributed by atoms with Gasteiger partial charge in [0.05, 0.1) is 43.8 Å². The lowest BCUT2D eigenvalue weighted by atomic mass is 9.88. The van der Waals surface area contributed by atoms with Crippen molar-refractivity contribution in [3.05, 3.63) is 79.2 Å². The summed E-state index contributed by atoms with van der Waals surface area (Å²) in [5.41, 5.74) is 8.21. The van der Waals surface area contributed by atoms with Crippen molar-refractivity contribution >= 4 is 42.6 Å². The fourth-order valence-corrected chi connectivity index (χ4v) is 12.4. The van der Waals surface area contributed by atoms with E-state index in [1.54, 1.807) is 59.5 Å². The molecule has 0 saturated heterocycles. The molecule has 4 heterocycles. The number of aromatic nitrogens is 2. The molecule has 0 N–H and O–H groups in total. The van der Waals surface area contributed by atoms with E-state index in [9.17, 15) is 26.4 Å². The lowest BCUT2D eigenvalue weighted by Crippen LogP contribution is -2.40. The van der Waals surface area contributed by atoms with E-state index in [0.29, 0.717) is 61.5 Å². The second-order valence-electron chi connectivity index (χ2n) is 14.6. The number of sulfone groups is 2. The number of nitrogens with zero attached hydrogens (tertiary/aromatic N) is 4. The quantitative estimate of drug-likeness (QED) is 0.178. The monoisotopic (exact) mass is 812 g/mol. The van der Waals surface area contributed by atoms with Gasteiger partial charge < -0.3 is 18.9 Å². The zero-order chi connectivity index (χ0) is 42.0. The average molecular weight is 813 g/mol. The van der Waals surface area contributed by atoms with Crippen LogP contribution < -0.4 is 0 Å². The largest absolute Gasteiger partial charge is 0.349 e. The maximum atomic E-state index is 13.4. The van der Waals surface area contributed by atoms with Crippen LogP contribution >= 0.6 is 0 Å². The van der Waals surface area contributed by atoms with E-state index in [-0.39, 0.29) is 45.8 Å². The van der Waals surface area contributed by atoms with Crippen LogP contribution in [-0.2, 0) is 62.0 Å². The van der Waals surface area contributed by atoms with E-state index in [1.807, 2.05) is 26.8 Å². The van der Waals surface area contributed by atoms with Gasteiger partial charge in [-0.2, -0.15) is 10.2 Å². The molecule has 0 spiro atoms. The van der Waals surface area contributed by atoms with Crippen LogP contribution in [0.3, 0.4) is 0 Å². The van der Waals surface area contributed by atoms with Crippen molar-refractivity contribution in [1.82, 2.24) is 14.8 Å². The second-order valence-corrected chi connectivity index (χ2v) is 18.7. The molecule has 2 aromatic carbocycles. The number of carbonyl (C=O) groups excluding carboxylic acids is 2. The minimum Gasteiger partial charge on any atom is -0.349 e. The molecule has 0 radical (unpaired) electrons. The second kappa shape index (κ2) is 15.0. The summed E-state index contributed by atoms with van der Waals surface area (Å²) in [7, 11) is 2.34. The molecule has 0 fully saturated rings. The lowest BCUT2D eigenvalue weighted by Gasteiger charge is -2.38. The standard InChI is InChI=1S/2C20H26N2O5S/c1-11-10-15(18(23)16-13(3)21-22(5)14(16)4)12(2)19-17(11)20(26-6,27-7)8-9-28(19,24)25;1-11-10-15(12(2)16-14(4)21-22(5)19(16)23)13(3)18-17(11)20(26-6,27-7)8-9-28(18,24)25/h2*10H,8-9H2,1-7H3/b;16-12-. The van der Waals surface area contributed by atoms with Crippen LogP contribution in [0.5, 0.6) is 0 Å². The maximum Gasteiger partial charge on any atom is 0.275 e. The third kappa shape index (κ3) is 6.67. The van der Waals surface area contributed by atoms with Gasteiger partial charge >= 0.3 is 0 Å². The molecule has 3 aromatic rings. The Morgan fingerprint density at radius 1 is 0.732 bits per heavy atom. The molecular weight excluding hydrogens is 761 g/mol. The normalized spacial score (nSPS) is 19.8. The number of carbonyl (C=O) groups is 2. The number of methoxy groups -OCH3 is 4. The van der Waals surface area contributed by atoms with Crippen LogP contribution in [0.4, 0.5) is 0 Å². The van der Waals surface area contributed by atoms with Gasteiger partial charge in [-0.25, -0.2) is 21.8 Å². The SMILES string of the molecule is COC1(OC)CCS(=O)(=O)c2c(C)c(/C(C)=C3\C(=O)N(C)N=C3C)cc(C)c21.COC1(OC)CCS(=O)(=O)c2c(C)c(C(=O)c3c(C)nn(C)c3C)cc(C)c21. The summed E-state index contributed by atoms with van der Waals surface area (Å²) < 4.78 is 76.2.